The number of nitro groups is 1. The van der Waals surface area contributed by atoms with Crippen LogP contribution in [-0.2, 0) is 7.05 Å². The molecular formula is C14H11N3O2. The standard InChI is InChI=1S/C14H11N3O2/c1-16-9-12(14-13(16)3-2-8-15-14)10-4-6-11(7-5-10)17(18)19/h2-9H,1H3. The van der Waals surface area contributed by atoms with E-state index < -0.39 is 4.92 Å². The molecule has 0 radical (unpaired) electrons. The Morgan fingerprint density at radius 2 is 1.95 bits per heavy atom. The summed E-state index contributed by atoms with van der Waals surface area (Å²) in [6.45, 7) is 0. The second kappa shape index (κ2) is 4.20. The van der Waals surface area contributed by atoms with Crippen molar-refractivity contribution in [3.05, 3.63) is 58.9 Å². The second-order valence-corrected chi connectivity index (χ2v) is 4.33. The fourth-order valence-corrected chi connectivity index (χ4v) is 2.19. The lowest BCUT2D eigenvalue weighted by atomic mass is 10.1. The number of pyridine rings is 1. The molecule has 0 bridgehead atoms. The molecule has 0 aliphatic rings. The summed E-state index contributed by atoms with van der Waals surface area (Å²) in [5.41, 5.74) is 3.94. The van der Waals surface area contributed by atoms with Crippen LogP contribution in [0.25, 0.3) is 22.2 Å². The SMILES string of the molecule is Cn1cc(-c2ccc([N+](=O)[O-])cc2)c2ncccc21. The molecule has 0 unspecified atom stereocenters. The van der Waals surface area contributed by atoms with Gasteiger partial charge >= 0.3 is 0 Å². The molecule has 2 aromatic heterocycles. The number of benzene rings is 1. The van der Waals surface area contributed by atoms with Crippen LogP contribution in [0.5, 0.6) is 0 Å². The molecule has 2 heterocycles. The van der Waals surface area contributed by atoms with Crippen molar-refractivity contribution in [1.29, 1.82) is 0 Å². The first kappa shape index (κ1) is 11.4. The molecule has 5 nitrogen and oxygen atoms in total. The smallest absolute Gasteiger partial charge is 0.269 e. The van der Waals surface area contributed by atoms with E-state index in [0.29, 0.717) is 0 Å². The van der Waals surface area contributed by atoms with Gasteiger partial charge in [-0.05, 0) is 29.8 Å². The van der Waals surface area contributed by atoms with Crippen LogP contribution in [0.2, 0.25) is 0 Å². The Balaban J connectivity index is 2.16. The zero-order valence-corrected chi connectivity index (χ0v) is 10.3. The van der Waals surface area contributed by atoms with Crippen LogP contribution in [0, 0.1) is 10.1 Å². The van der Waals surface area contributed by atoms with Gasteiger partial charge in [0.25, 0.3) is 5.69 Å². The van der Waals surface area contributed by atoms with Gasteiger partial charge < -0.3 is 4.57 Å². The first-order valence-electron chi connectivity index (χ1n) is 5.81. The van der Waals surface area contributed by atoms with E-state index in [1.165, 1.54) is 12.1 Å². The van der Waals surface area contributed by atoms with Gasteiger partial charge in [0.05, 0.1) is 16.0 Å². The lowest BCUT2D eigenvalue weighted by Gasteiger charge is -1.98. The molecule has 0 aliphatic carbocycles. The third-order valence-corrected chi connectivity index (χ3v) is 3.13. The summed E-state index contributed by atoms with van der Waals surface area (Å²) in [6, 6.07) is 10.4. The van der Waals surface area contributed by atoms with Crippen molar-refractivity contribution in [3.8, 4) is 11.1 Å². The van der Waals surface area contributed by atoms with Crippen LogP contribution >= 0.6 is 0 Å². The monoisotopic (exact) mass is 253 g/mol. The lowest BCUT2D eigenvalue weighted by Crippen LogP contribution is -1.87. The van der Waals surface area contributed by atoms with Crippen LogP contribution in [0.3, 0.4) is 0 Å². The van der Waals surface area contributed by atoms with Gasteiger partial charge in [-0.2, -0.15) is 0 Å². The highest BCUT2D eigenvalue weighted by Crippen LogP contribution is 2.29. The van der Waals surface area contributed by atoms with Crippen LogP contribution in [0.15, 0.2) is 48.8 Å². The number of fused-ring (bicyclic) bond motifs is 1. The normalized spacial score (nSPS) is 10.8. The van der Waals surface area contributed by atoms with Crippen molar-refractivity contribution < 1.29 is 4.92 Å². The Morgan fingerprint density at radius 1 is 1.21 bits per heavy atom. The predicted molar refractivity (Wildman–Crippen MR) is 72.8 cm³/mol. The molecule has 0 saturated heterocycles. The lowest BCUT2D eigenvalue weighted by molar-refractivity contribution is -0.384. The van der Waals surface area contributed by atoms with Gasteiger partial charge in [0.2, 0.25) is 0 Å². The summed E-state index contributed by atoms with van der Waals surface area (Å²) in [5.74, 6) is 0. The molecule has 0 atom stereocenters. The van der Waals surface area contributed by atoms with E-state index in [-0.39, 0.29) is 5.69 Å². The minimum Gasteiger partial charge on any atom is -0.349 e. The zero-order valence-electron chi connectivity index (χ0n) is 10.3. The van der Waals surface area contributed by atoms with Crippen LogP contribution < -0.4 is 0 Å². The summed E-state index contributed by atoms with van der Waals surface area (Å²) in [4.78, 5) is 14.6. The predicted octanol–water partition coefficient (Wildman–Crippen LogP) is 3.15. The topological polar surface area (TPSA) is 61.0 Å². The number of nitrogens with zero attached hydrogens (tertiary/aromatic N) is 3. The molecule has 0 amide bonds. The molecule has 0 fully saturated rings. The summed E-state index contributed by atoms with van der Waals surface area (Å²) < 4.78 is 2.00. The molecule has 0 saturated carbocycles. The maximum absolute atomic E-state index is 10.7. The van der Waals surface area contributed by atoms with Crippen molar-refractivity contribution >= 4 is 16.7 Å². The van der Waals surface area contributed by atoms with Gasteiger partial charge in [0.1, 0.15) is 0 Å². The number of hydrogen-bond donors (Lipinski definition) is 0. The van der Waals surface area contributed by atoms with E-state index in [1.54, 1.807) is 18.3 Å². The highest BCUT2D eigenvalue weighted by Gasteiger charge is 2.11. The Kier molecular flexibility index (Phi) is 2.52. The minimum atomic E-state index is -0.398. The highest BCUT2D eigenvalue weighted by atomic mass is 16.6. The Hall–Kier alpha value is -2.69. The van der Waals surface area contributed by atoms with Gasteiger partial charge in [-0.25, -0.2) is 0 Å². The maximum atomic E-state index is 10.7. The first-order valence-corrected chi connectivity index (χ1v) is 5.81. The van der Waals surface area contributed by atoms with E-state index in [1.807, 2.05) is 29.9 Å². The molecule has 0 spiro atoms. The molecule has 1 aromatic carbocycles. The molecule has 5 heteroatoms. The highest BCUT2D eigenvalue weighted by molar-refractivity contribution is 5.92. The van der Waals surface area contributed by atoms with E-state index in [9.17, 15) is 10.1 Å². The van der Waals surface area contributed by atoms with Gasteiger partial charge in [-0.3, -0.25) is 15.1 Å². The van der Waals surface area contributed by atoms with Crippen LogP contribution in [-0.4, -0.2) is 14.5 Å². The molecule has 94 valence electrons. The second-order valence-electron chi connectivity index (χ2n) is 4.33. The molecule has 3 rings (SSSR count). The molecular weight excluding hydrogens is 242 g/mol. The average molecular weight is 253 g/mol. The third-order valence-electron chi connectivity index (χ3n) is 3.13. The molecule has 19 heavy (non-hydrogen) atoms. The van der Waals surface area contributed by atoms with Crippen LogP contribution in [0.1, 0.15) is 0 Å². The number of aromatic nitrogens is 2. The number of aryl methyl sites for hydroxylation is 1. The molecule has 0 aliphatic heterocycles. The van der Waals surface area contributed by atoms with Gasteiger partial charge in [0, 0.05) is 37.1 Å². The van der Waals surface area contributed by atoms with Crippen molar-refractivity contribution in [2.45, 2.75) is 0 Å². The van der Waals surface area contributed by atoms with Gasteiger partial charge in [0.15, 0.2) is 0 Å². The Bertz CT molecular complexity index is 760. The summed E-state index contributed by atoms with van der Waals surface area (Å²) in [5, 5.41) is 10.7. The minimum absolute atomic E-state index is 0.0944. The number of non-ortho nitro benzene ring substituents is 1. The Labute approximate surface area is 109 Å². The summed E-state index contributed by atoms with van der Waals surface area (Å²) in [6.07, 6.45) is 3.73. The van der Waals surface area contributed by atoms with Crippen molar-refractivity contribution in [2.24, 2.45) is 7.05 Å². The van der Waals surface area contributed by atoms with E-state index in [0.717, 1.165) is 22.2 Å². The van der Waals surface area contributed by atoms with Crippen molar-refractivity contribution in [2.75, 3.05) is 0 Å². The van der Waals surface area contributed by atoms with Gasteiger partial charge in [-0.1, -0.05) is 0 Å². The van der Waals surface area contributed by atoms with E-state index in [2.05, 4.69) is 4.98 Å². The van der Waals surface area contributed by atoms with Crippen molar-refractivity contribution in [1.82, 2.24) is 9.55 Å². The summed E-state index contributed by atoms with van der Waals surface area (Å²) >= 11 is 0. The fraction of sp³-hybridized carbons (Fsp3) is 0.0714. The molecule has 3 aromatic rings. The zero-order chi connectivity index (χ0) is 13.4. The number of rotatable bonds is 2. The van der Waals surface area contributed by atoms with Crippen LogP contribution in [0.4, 0.5) is 5.69 Å². The quantitative estimate of drug-likeness (QED) is 0.520. The number of hydrogen-bond acceptors (Lipinski definition) is 3. The summed E-state index contributed by atoms with van der Waals surface area (Å²) in [7, 11) is 1.96. The van der Waals surface area contributed by atoms with Crippen molar-refractivity contribution in [3.63, 3.8) is 0 Å². The van der Waals surface area contributed by atoms with Gasteiger partial charge in [-0.15, -0.1) is 0 Å². The third kappa shape index (κ3) is 1.85. The van der Waals surface area contributed by atoms with E-state index in [4.69, 9.17) is 0 Å². The van der Waals surface area contributed by atoms with E-state index >= 15 is 0 Å². The number of nitro benzene ring substituents is 1. The maximum Gasteiger partial charge on any atom is 0.269 e. The largest absolute Gasteiger partial charge is 0.349 e. The average Bonchev–Trinajstić information content (AvgIpc) is 2.77. The fourth-order valence-electron chi connectivity index (χ4n) is 2.19. The first-order chi connectivity index (χ1) is 9.16. The molecule has 0 N–H and O–H groups in total. The Morgan fingerprint density at radius 3 is 2.63 bits per heavy atom.